The number of rotatable bonds is 23. The van der Waals surface area contributed by atoms with Crippen molar-refractivity contribution >= 4 is 15.5 Å². The summed E-state index contributed by atoms with van der Waals surface area (Å²) in [5.41, 5.74) is 4.07. The van der Waals surface area contributed by atoms with Crippen LogP contribution < -0.4 is 62.2 Å². The third kappa shape index (κ3) is 18.3. The van der Waals surface area contributed by atoms with E-state index in [2.05, 4.69) is 38.4 Å². The Hall–Kier alpha value is -2.66. The fourth-order valence-corrected chi connectivity index (χ4v) is 8.69. The zero-order valence-corrected chi connectivity index (χ0v) is 39.3. The number of quaternary nitrogens is 2. The number of benzene rings is 4. The Balaban J connectivity index is 0.00000541. The van der Waals surface area contributed by atoms with Crippen molar-refractivity contribution in [1.29, 1.82) is 0 Å². The van der Waals surface area contributed by atoms with Gasteiger partial charge in [-0.15, -0.1) is 0 Å². The van der Waals surface area contributed by atoms with Gasteiger partial charge in [0.25, 0.3) is 0 Å². The molecule has 14 heteroatoms. The van der Waals surface area contributed by atoms with E-state index < -0.39 is 15.5 Å². The summed E-state index contributed by atoms with van der Waals surface area (Å²) in [5.74, 6) is 2.02. The highest BCUT2D eigenvalue weighted by molar-refractivity contribution is 7.52. The van der Waals surface area contributed by atoms with Crippen LogP contribution in [0.25, 0.3) is 0 Å². The second-order valence-corrected chi connectivity index (χ2v) is 19.0. The van der Waals surface area contributed by atoms with Crippen LogP contribution in [-0.2, 0) is 9.13 Å². The van der Waals surface area contributed by atoms with Gasteiger partial charge in [-0.2, -0.15) is 10.2 Å². The first-order valence-corrected chi connectivity index (χ1v) is 22.0. The summed E-state index contributed by atoms with van der Waals surface area (Å²) in [6, 6.07) is 30.0. The van der Waals surface area contributed by atoms with Crippen molar-refractivity contribution in [2.75, 3.05) is 67.5 Å². The molecule has 56 heavy (non-hydrogen) atoms. The predicted molar refractivity (Wildman–Crippen MR) is 221 cm³/mol. The van der Waals surface area contributed by atoms with Gasteiger partial charge in [-0.3, -0.25) is 0 Å². The number of hydrogen-bond donors (Lipinski definition) is 2. The highest BCUT2D eigenvalue weighted by Crippen LogP contribution is 2.46. The molecule has 0 aliphatic rings. The Morgan fingerprint density at radius 1 is 0.446 bits per heavy atom. The topological polar surface area (TPSA) is 95.1 Å². The molecule has 4 aromatic carbocycles. The average Bonchev–Trinajstić information content (AvgIpc) is 3.06. The summed E-state index contributed by atoms with van der Waals surface area (Å²) >= 11 is 0. The molecule has 0 atom stereocenters. The lowest BCUT2D eigenvalue weighted by atomic mass is 10.1. The third-order valence-electron chi connectivity index (χ3n) is 9.18. The molecule has 4 aromatic rings. The molecule has 0 amide bonds. The van der Waals surface area contributed by atoms with Crippen LogP contribution in [-0.4, -0.2) is 76.4 Å². The number of hydrogen-bond acceptors (Lipinski definition) is 6. The van der Waals surface area contributed by atoms with Gasteiger partial charge >= 0.3 is 15.5 Å². The van der Waals surface area contributed by atoms with Gasteiger partial charge in [-0.25, -0.2) is 9.13 Å². The first-order chi connectivity index (χ1) is 25.5. The number of halogens is 2. The molecular formula is C42H62Br2N4O6P2. The highest BCUT2D eigenvalue weighted by atomic mass is 79.9. The van der Waals surface area contributed by atoms with Crippen LogP contribution in [0.15, 0.2) is 97.1 Å². The fraction of sp³-hybridized carbons (Fsp3) is 0.429. The smallest absolute Gasteiger partial charge is 0.513 e. The molecule has 4 rings (SSSR count). The van der Waals surface area contributed by atoms with E-state index in [-0.39, 0.29) is 34.0 Å². The van der Waals surface area contributed by atoms with Crippen molar-refractivity contribution in [3.8, 4) is 23.0 Å². The normalized spacial score (nSPS) is 11.9. The van der Waals surface area contributed by atoms with E-state index in [1.54, 1.807) is 24.3 Å². The summed E-state index contributed by atoms with van der Waals surface area (Å²) < 4.78 is 53.4. The molecule has 0 aliphatic carbocycles. The first-order valence-electron chi connectivity index (χ1n) is 18.9. The highest BCUT2D eigenvalue weighted by Gasteiger charge is 2.31. The van der Waals surface area contributed by atoms with E-state index >= 15 is 0 Å². The zero-order valence-electron chi connectivity index (χ0n) is 34.3. The lowest BCUT2D eigenvalue weighted by Gasteiger charge is -2.31. The molecule has 0 bridgehead atoms. The molecule has 0 saturated carbocycles. The lowest BCUT2D eigenvalue weighted by Crippen LogP contribution is -3.00. The molecule has 0 fully saturated rings. The van der Waals surface area contributed by atoms with Crippen LogP contribution in [0.1, 0.15) is 47.9 Å². The van der Waals surface area contributed by atoms with E-state index in [9.17, 15) is 9.13 Å². The van der Waals surface area contributed by atoms with E-state index in [1.165, 1.54) is 0 Å². The van der Waals surface area contributed by atoms with Gasteiger partial charge in [0, 0.05) is 0 Å². The van der Waals surface area contributed by atoms with Crippen molar-refractivity contribution in [1.82, 2.24) is 10.2 Å². The van der Waals surface area contributed by atoms with Gasteiger partial charge in [0.2, 0.25) is 0 Å². The maximum atomic E-state index is 14.0. The number of nitrogens with one attached hydrogen (secondary N) is 2. The number of nitrogens with zero attached hydrogens (tertiary/aromatic N) is 2. The van der Waals surface area contributed by atoms with Gasteiger partial charge in [0.05, 0.1) is 67.5 Å². The standard InChI is InChI=1S/C42H62N4O6P2.2BrH/c1-35-17-13-21-39(31-35)49-53(47,50-40-22-14-18-36(2)32-40)43-25-29-45(5,6)27-11-9-10-12-28-46(7,8)30-26-44-54(48,51-41-23-15-19-37(3)33-41)52-42-24-16-20-38(4)34-42;;/h13-24,31-34H,9-12,25-30H2,1-8H3,(H,43,47)(H,44,48);2*1H/q+2;;/p-2. The number of likely N-dealkylation sites (N-methyl/N-ethyl adjacent to an activating group) is 2. The third-order valence-corrected chi connectivity index (χ3v) is 12.2. The largest absolute Gasteiger partial charge is 1.00 e. The maximum Gasteiger partial charge on any atom is 0.513 e. The fourth-order valence-electron chi connectivity index (χ4n) is 6.05. The first kappa shape index (κ1) is 49.5. The molecule has 310 valence electrons. The second kappa shape index (κ2) is 23.1. The molecule has 0 radical (unpaired) electrons. The summed E-state index contributed by atoms with van der Waals surface area (Å²) in [5, 5.41) is 6.25. The molecule has 2 N–H and O–H groups in total. The van der Waals surface area contributed by atoms with Crippen molar-refractivity contribution in [2.45, 2.75) is 53.4 Å². The van der Waals surface area contributed by atoms with Crippen molar-refractivity contribution in [3.63, 3.8) is 0 Å². The van der Waals surface area contributed by atoms with Crippen LogP contribution in [0.4, 0.5) is 0 Å². The Morgan fingerprint density at radius 2 is 0.714 bits per heavy atom. The Morgan fingerprint density at radius 3 is 0.964 bits per heavy atom. The predicted octanol–water partition coefficient (Wildman–Crippen LogP) is 3.65. The van der Waals surface area contributed by atoms with E-state index in [0.29, 0.717) is 36.1 Å². The second-order valence-electron chi connectivity index (χ2n) is 15.6. The minimum Gasteiger partial charge on any atom is -1.00 e. The quantitative estimate of drug-likeness (QED) is 0.0663. The zero-order chi connectivity index (χ0) is 39.2. The van der Waals surface area contributed by atoms with Crippen LogP contribution >= 0.6 is 15.5 Å². The van der Waals surface area contributed by atoms with Gasteiger partial charge < -0.3 is 61.0 Å². The SMILES string of the molecule is Cc1cccc(OP(=O)(NCC[N+](C)(C)CCCCCC[N+](C)(C)CCNP(=O)(Oc2cccc(C)c2)Oc2cccc(C)c2)Oc2cccc(C)c2)c1.[Br-].[Br-]. The van der Waals surface area contributed by atoms with Gasteiger partial charge in [0.15, 0.2) is 0 Å². The monoisotopic (exact) mass is 938 g/mol. The van der Waals surface area contributed by atoms with Gasteiger partial charge in [-0.05, 0) is 124 Å². The van der Waals surface area contributed by atoms with E-state index in [0.717, 1.165) is 83.1 Å². The molecule has 0 unspecified atom stereocenters. The van der Waals surface area contributed by atoms with Crippen LogP contribution in [0, 0.1) is 27.7 Å². The molecule has 0 aromatic heterocycles. The van der Waals surface area contributed by atoms with Crippen molar-refractivity contribution < 1.29 is 70.2 Å². The molecule has 0 heterocycles. The minimum absolute atomic E-state index is 0. The summed E-state index contributed by atoms with van der Waals surface area (Å²) in [4.78, 5) is 0. The lowest BCUT2D eigenvalue weighted by molar-refractivity contribution is -0.890. The van der Waals surface area contributed by atoms with Gasteiger partial charge in [0.1, 0.15) is 23.0 Å². The average molecular weight is 941 g/mol. The Labute approximate surface area is 357 Å². The van der Waals surface area contributed by atoms with E-state index in [1.807, 2.05) is 100 Å². The summed E-state index contributed by atoms with van der Waals surface area (Å²) in [6.07, 6.45) is 4.44. The van der Waals surface area contributed by atoms with Crippen molar-refractivity contribution in [3.05, 3.63) is 119 Å². The van der Waals surface area contributed by atoms with Crippen molar-refractivity contribution in [2.24, 2.45) is 0 Å². The molecule has 0 spiro atoms. The van der Waals surface area contributed by atoms with Gasteiger partial charge in [-0.1, -0.05) is 48.5 Å². The Kier molecular flexibility index (Phi) is 20.4. The minimum atomic E-state index is -3.70. The van der Waals surface area contributed by atoms with E-state index in [4.69, 9.17) is 18.1 Å². The van der Waals surface area contributed by atoms with Crippen LogP contribution in [0.2, 0.25) is 0 Å². The summed E-state index contributed by atoms with van der Waals surface area (Å²) in [6.45, 7) is 12.4. The van der Waals surface area contributed by atoms with Crippen LogP contribution in [0.3, 0.4) is 0 Å². The maximum absolute atomic E-state index is 14.0. The van der Waals surface area contributed by atoms with Crippen LogP contribution in [0.5, 0.6) is 23.0 Å². The Bertz CT molecular complexity index is 1660. The molecule has 0 aliphatic heterocycles. The number of unbranched alkanes of at least 4 members (excludes halogenated alkanes) is 3. The number of aryl methyl sites for hydroxylation is 4. The molecule has 10 nitrogen and oxygen atoms in total. The summed E-state index contributed by atoms with van der Waals surface area (Å²) in [7, 11) is 1.41. The molecular weight excluding hydrogens is 878 g/mol. The molecule has 0 saturated heterocycles.